The molecule has 2 aliphatic rings. The minimum Gasteiger partial charge on any atom is -0.494 e. The monoisotopic (exact) mass is 453 g/mol. The number of hydrogen-bond donors (Lipinski definition) is 3. The summed E-state index contributed by atoms with van der Waals surface area (Å²) in [5.74, 6) is 2.30. The van der Waals surface area contributed by atoms with E-state index in [1.54, 1.807) is 19.3 Å². The zero-order valence-corrected chi connectivity index (χ0v) is 18.7. The molecule has 2 heterocycles. The number of nitrogens with zero attached hydrogens (tertiary/aromatic N) is 3. The number of hydrogen-bond acceptors (Lipinski definition) is 10. The van der Waals surface area contributed by atoms with Crippen LogP contribution in [-0.2, 0) is 4.79 Å². The molecule has 0 aromatic heterocycles. The summed E-state index contributed by atoms with van der Waals surface area (Å²) in [6.07, 6.45) is 2.76. The van der Waals surface area contributed by atoms with Gasteiger partial charge in [0.25, 0.3) is 0 Å². The molecule has 1 atom stereocenters. The Bertz CT molecular complexity index is 1090. The van der Waals surface area contributed by atoms with Gasteiger partial charge in [-0.1, -0.05) is 6.07 Å². The number of fused-ring (bicyclic) bond motifs is 1. The number of anilines is 1. The number of β-amino-alcohol motifs (C(OH)–C–C–N with tert-alkyl or cyclic N) is 1. The predicted molar refractivity (Wildman–Crippen MR) is 124 cm³/mol. The first kappa shape index (κ1) is 22.4. The van der Waals surface area contributed by atoms with Gasteiger partial charge >= 0.3 is 0 Å². The SMILES string of the molecule is CCOc1cccc(N2C=C(C3=NNN(CCO)N3)c3cc(OC)c(OC)cc3C2C=O)c1. The smallest absolute Gasteiger partial charge is 0.172 e. The molecule has 2 aliphatic heterocycles. The quantitative estimate of drug-likeness (QED) is 0.490. The number of nitrogens with one attached hydrogen (secondary N) is 2. The van der Waals surface area contributed by atoms with E-state index in [-0.39, 0.29) is 6.61 Å². The van der Waals surface area contributed by atoms with Crippen molar-refractivity contribution in [3.05, 3.63) is 53.7 Å². The van der Waals surface area contributed by atoms with Crippen LogP contribution in [0.1, 0.15) is 24.1 Å². The fourth-order valence-corrected chi connectivity index (χ4v) is 3.89. The van der Waals surface area contributed by atoms with Gasteiger partial charge in [-0.05, 0) is 42.3 Å². The van der Waals surface area contributed by atoms with Gasteiger partial charge in [0.15, 0.2) is 17.3 Å². The van der Waals surface area contributed by atoms with Gasteiger partial charge in [0.2, 0.25) is 0 Å². The van der Waals surface area contributed by atoms with Crippen LogP contribution in [0.3, 0.4) is 0 Å². The van der Waals surface area contributed by atoms with Crippen LogP contribution in [0.5, 0.6) is 17.2 Å². The average molecular weight is 453 g/mol. The van der Waals surface area contributed by atoms with Crippen LogP contribution < -0.4 is 30.1 Å². The van der Waals surface area contributed by atoms with Crippen molar-refractivity contribution in [1.29, 1.82) is 0 Å². The van der Waals surface area contributed by atoms with Gasteiger partial charge in [-0.3, -0.25) is 5.43 Å². The summed E-state index contributed by atoms with van der Waals surface area (Å²) < 4.78 is 16.7. The van der Waals surface area contributed by atoms with Crippen molar-refractivity contribution < 1.29 is 24.1 Å². The molecule has 10 heteroatoms. The molecule has 10 nitrogen and oxygen atoms in total. The molecule has 174 valence electrons. The normalized spacial score (nSPS) is 17.3. The van der Waals surface area contributed by atoms with Crippen molar-refractivity contribution in [3.8, 4) is 17.2 Å². The highest BCUT2D eigenvalue weighted by molar-refractivity contribution is 6.24. The van der Waals surface area contributed by atoms with E-state index in [4.69, 9.17) is 14.2 Å². The second kappa shape index (κ2) is 9.80. The van der Waals surface area contributed by atoms with Crippen molar-refractivity contribution in [3.63, 3.8) is 0 Å². The molecule has 4 rings (SSSR count). The van der Waals surface area contributed by atoms with Gasteiger partial charge < -0.3 is 29.0 Å². The number of rotatable bonds is 9. The highest BCUT2D eigenvalue weighted by atomic mass is 16.5. The molecular weight excluding hydrogens is 426 g/mol. The second-order valence-corrected chi connectivity index (χ2v) is 7.30. The Balaban J connectivity index is 1.86. The fourth-order valence-electron chi connectivity index (χ4n) is 3.89. The van der Waals surface area contributed by atoms with Crippen LogP contribution >= 0.6 is 0 Å². The lowest BCUT2D eigenvalue weighted by atomic mass is 9.89. The molecule has 0 spiro atoms. The number of ether oxygens (including phenoxy) is 3. The minimum absolute atomic E-state index is 0.0486. The highest BCUT2D eigenvalue weighted by Crippen LogP contribution is 2.43. The Morgan fingerprint density at radius 3 is 2.67 bits per heavy atom. The van der Waals surface area contributed by atoms with E-state index in [9.17, 15) is 9.90 Å². The largest absolute Gasteiger partial charge is 0.494 e. The summed E-state index contributed by atoms with van der Waals surface area (Å²) in [4.78, 5) is 14.2. The molecule has 33 heavy (non-hydrogen) atoms. The minimum atomic E-state index is -0.607. The van der Waals surface area contributed by atoms with E-state index < -0.39 is 6.04 Å². The zero-order chi connectivity index (χ0) is 23.4. The van der Waals surface area contributed by atoms with Crippen LogP contribution in [0.2, 0.25) is 0 Å². The van der Waals surface area contributed by atoms with Gasteiger partial charge in [-0.2, -0.15) is 0 Å². The molecule has 0 saturated carbocycles. The maximum atomic E-state index is 12.4. The Hall–Kier alpha value is -3.76. The molecule has 0 radical (unpaired) electrons. The van der Waals surface area contributed by atoms with E-state index in [2.05, 4.69) is 16.1 Å². The number of aliphatic hydroxyl groups is 1. The molecule has 2 aromatic carbocycles. The molecule has 0 amide bonds. The van der Waals surface area contributed by atoms with Crippen LogP contribution in [0.4, 0.5) is 5.69 Å². The first-order valence-electron chi connectivity index (χ1n) is 10.6. The molecule has 0 aliphatic carbocycles. The summed E-state index contributed by atoms with van der Waals surface area (Å²) in [5, 5.41) is 15.2. The van der Waals surface area contributed by atoms with Crippen molar-refractivity contribution in [1.82, 2.24) is 16.1 Å². The first-order chi connectivity index (χ1) is 16.1. The van der Waals surface area contributed by atoms with Crippen LogP contribution in [-0.4, -0.2) is 56.3 Å². The lowest BCUT2D eigenvalue weighted by Crippen LogP contribution is -2.43. The van der Waals surface area contributed by atoms with Crippen molar-refractivity contribution in [2.75, 3.05) is 38.9 Å². The Morgan fingerprint density at radius 2 is 1.97 bits per heavy atom. The molecule has 2 aromatic rings. The fraction of sp³-hybridized carbons (Fsp3) is 0.304. The van der Waals surface area contributed by atoms with Gasteiger partial charge in [0, 0.05) is 23.5 Å². The maximum absolute atomic E-state index is 12.4. The van der Waals surface area contributed by atoms with E-state index in [1.807, 2.05) is 54.4 Å². The lowest BCUT2D eigenvalue weighted by Gasteiger charge is -2.34. The maximum Gasteiger partial charge on any atom is 0.172 e. The Labute approximate surface area is 192 Å². The lowest BCUT2D eigenvalue weighted by molar-refractivity contribution is -0.109. The van der Waals surface area contributed by atoms with Gasteiger partial charge in [-0.25, -0.2) is 5.53 Å². The molecule has 3 N–H and O–H groups in total. The summed E-state index contributed by atoms with van der Waals surface area (Å²) in [5.41, 5.74) is 9.02. The number of methoxy groups -OCH3 is 2. The van der Waals surface area contributed by atoms with E-state index in [0.717, 1.165) is 28.7 Å². The number of carbonyl (C=O) groups is 1. The van der Waals surface area contributed by atoms with E-state index >= 15 is 0 Å². The van der Waals surface area contributed by atoms with Crippen LogP contribution in [0.25, 0.3) is 5.57 Å². The number of aldehydes is 1. The van der Waals surface area contributed by atoms with Crippen molar-refractivity contribution in [2.45, 2.75) is 13.0 Å². The average Bonchev–Trinajstić information content (AvgIpc) is 3.31. The van der Waals surface area contributed by atoms with Crippen molar-refractivity contribution in [2.24, 2.45) is 5.10 Å². The van der Waals surface area contributed by atoms with Gasteiger partial charge in [0.1, 0.15) is 18.1 Å². The summed E-state index contributed by atoms with van der Waals surface area (Å²) in [7, 11) is 3.12. The highest BCUT2D eigenvalue weighted by Gasteiger charge is 2.33. The summed E-state index contributed by atoms with van der Waals surface area (Å²) in [6, 6.07) is 10.6. The first-order valence-corrected chi connectivity index (χ1v) is 10.6. The summed E-state index contributed by atoms with van der Waals surface area (Å²) >= 11 is 0. The molecule has 0 fully saturated rings. The Kier molecular flexibility index (Phi) is 6.66. The van der Waals surface area contributed by atoms with E-state index in [1.165, 1.54) is 0 Å². The number of benzene rings is 2. The second-order valence-electron chi connectivity index (χ2n) is 7.30. The molecular formula is C23H27N5O5. The molecule has 1 unspecified atom stereocenters. The molecule has 0 bridgehead atoms. The topological polar surface area (TPSA) is 108 Å². The number of amidine groups is 1. The zero-order valence-electron chi connectivity index (χ0n) is 18.7. The third-order valence-corrected chi connectivity index (χ3v) is 5.39. The Morgan fingerprint density at radius 1 is 1.18 bits per heavy atom. The number of aliphatic hydroxyl groups excluding tert-OH is 1. The predicted octanol–water partition coefficient (Wildman–Crippen LogP) is 1.83. The standard InChI is InChI=1S/C23H27N5O5/c1-4-33-16-7-5-6-15(10-16)27-13-19(23-24-26-28(25-23)8-9-29)17-11-21(31-2)22(32-3)12-18(17)20(27)14-30/h5-7,10-14,20,26,29H,4,8-9H2,1-3H3,(H,24,25). The third kappa shape index (κ3) is 4.30. The van der Waals surface area contributed by atoms with E-state index in [0.29, 0.717) is 36.2 Å². The van der Waals surface area contributed by atoms with Crippen LogP contribution in [0, 0.1) is 0 Å². The number of hydrazone groups is 1. The van der Waals surface area contributed by atoms with Crippen molar-refractivity contribution >= 4 is 23.4 Å². The number of hydrazine groups is 2. The number of carbonyl (C=O) groups excluding carboxylic acids is 1. The van der Waals surface area contributed by atoms with Crippen LogP contribution in [0.15, 0.2) is 47.7 Å². The molecule has 0 saturated heterocycles. The van der Waals surface area contributed by atoms with Gasteiger partial charge in [0.05, 0.1) is 34.0 Å². The van der Waals surface area contributed by atoms with Gasteiger partial charge in [-0.15, -0.1) is 10.2 Å². The summed E-state index contributed by atoms with van der Waals surface area (Å²) in [6.45, 7) is 2.74. The third-order valence-electron chi connectivity index (χ3n) is 5.39.